The molecule has 0 saturated heterocycles. The van der Waals surface area contributed by atoms with Crippen LogP contribution in [0.5, 0.6) is 5.75 Å². The lowest BCUT2D eigenvalue weighted by Crippen LogP contribution is -2.13. The van der Waals surface area contributed by atoms with Crippen molar-refractivity contribution in [2.24, 2.45) is 0 Å². The van der Waals surface area contributed by atoms with Crippen molar-refractivity contribution in [2.75, 3.05) is 12.4 Å². The molecule has 4 nitrogen and oxygen atoms in total. The topological polar surface area (TPSA) is 54.1 Å². The maximum Gasteiger partial charge on any atom is 0.272 e. The summed E-state index contributed by atoms with van der Waals surface area (Å²) in [5.41, 5.74) is 3.14. The van der Waals surface area contributed by atoms with Gasteiger partial charge in [-0.2, -0.15) is 0 Å². The monoisotopic (exact) mass is 358 g/mol. The summed E-state index contributed by atoms with van der Waals surface area (Å²) in [7, 11) is 1.63. The highest BCUT2D eigenvalue weighted by molar-refractivity contribution is 9.10. The molecule has 2 aromatic carbocycles. The molecule has 0 spiro atoms. The van der Waals surface area contributed by atoms with Crippen molar-refractivity contribution in [3.8, 4) is 5.75 Å². The minimum atomic E-state index is -0.157. The van der Waals surface area contributed by atoms with E-state index in [1.54, 1.807) is 7.11 Å². The number of anilines is 1. The second-order valence-electron chi connectivity index (χ2n) is 5.00. The van der Waals surface area contributed by atoms with Gasteiger partial charge < -0.3 is 15.0 Å². The average Bonchev–Trinajstić information content (AvgIpc) is 2.86. The smallest absolute Gasteiger partial charge is 0.272 e. The van der Waals surface area contributed by atoms with E-state index in [1.807, 2.05) is 49.4 Å². The predicted molar refractivity (Wildman–Crippen MR) is 91.7 cm³/mol. The molecular formula is C17H15BrN2O2. The van der Waals surface area contributed by atoms with E-state index in [0.29, 0.717) is 5.69 Å². The molecule has 0 aliphatic rings. The number of aryl methyl sites for hydroxylation is 1. The minimum absolute atomic E-state index is 0.157. The van der Waals surface area contributed by atoms with Crippen LogP contribution in [0.15, 0.2) is 46.9 Å². The van der Waals surface area contributed by atoms with Crippen LogP contribution < -0.4 is 10.1 Å². The number of ether oxygens (including phenoxy) is 1. The Morgan fingerprint density at radius 1 is 1.18 bits per heavy atom. The van der Waals surface area contributed by atoms with Crippen molar-refractivity contribution < 1.29 is 9.53 Å². The number of halogens is 1. The molecular weight excluding hydrogens is 344 g/mol. The molecule has 0 unspecified atom stereocenters. The van der Waals surface area contributed by atoms with E-state index in [-0.39, 0.29) is 5.91 Å². The number of hydrogen-bond donors (Lipinski definition) is 2. The molecule has 3 rings (SSSR count). The van der Waals surface area contributed by atoms with Crippen molar-refractivity contribution in [2.45, 2.75) is 6.92 Å². The number of benzene rings is 2. The number of methoxy groups -OCH3 is 1. The first kappa shape index (κ1) is 14.7. The van der Waals surface area contributed by atoms with Crippen molar-refractivity contribution in [3.05, 3.63) is 58.2 Å². The number of nitrogens with one attached hydrogen (secondary N) is 2. The van der Waals surface area contributed by atoms with Gasteiger partial charge in [-0.1, -0.05) is 15.9 Å². The lowest BCUT2D eigenvalue weighted by Gasteiger charge is -2.04. The highest BCUT2D eigenvalue weighted by atomic mass is 79.9. The van der Waals surface area contributed by atoms with Gasteiger partial charge in [0.1, 0.15) is 11.4 Å². The Bertz CT molecular complexity index is 838. The van der Waals surface area contributed by atoms with Gasteiger partial charge in [0.05, 0.1) is 7.11 Å². The fourth-order valence-corrected chi connectivity index (χ4v) is 2.65. The standard InChI is InChI=1S/C17H15BrN2O2/c1-10-14-9-13(22-2)7-8-15(14)20-16(10)17(21)19-12-5-3-11(18)4-6-12/h3-9,20H,1-2H3,(H,19,21). The van der Waals surface area contributed by atoms with Gasteiger partial charge in [-0.15, -0.1) is 0 Å². The molecule has 0 bridgehead atoms. The summed E-state index contributed by atoms with van der Waals surface area (Å²) < 4.78 is 6.21. The zero-order valence-corrected chi connectivity index (χ0v) is 13.8. The maximum absolute atomic E-state index is 12.5. The predicted octanol–water partition coefficient (Wildman–Crippen LogP) is 4.50. The quantitative estimate of drug-likeness (QED) is 0.724. The van der Waals surface area contributed by atoms with Gasteiger partial charge in [-0.05, 0) is 55.0 Å². The van der Waals surface area contributed by atoms with Gasteiger partial charge in [-0.3, -0.25) is 4.79 Å². The summed E-state index contributed by atoms with van der Waals surface area (Å²) in [5, 5.41) is 3.88. The fraction of sp³-hybridized carbons (Fsp3) is 0.118. The molecule has 0 aliphatic heterocycles. The van der Waals surface area contributed by atoms with Crippen LogP contribution in [0.3, 0.4) is 0 Å². The molecule has 1 amide bonds. The zero-order chi connectivity index (χ0) is 15.7. The summed E-state index contributed by atoms with van der Waals surface area (Å²) in [6.45, 7) is 1.93. The van der Waals surface area contributed by atoms with Gasteiger partial charge in [0.2, 0.25) is 0 Å². The SMILES string of the molecule is COc1ccc2[nH]c(C(=O)Nc3ccc(Br)cc3)c(C)c2c1. The molecule has 112 valence electrons. The molecule has 1 aromatic heterocycles. The Balaban J connectivity index is 1.93. The van der Waals surface area contributed by atoms with Gasteiger partial charge >= 0.3 is 0 Å². The van der Waals surface area contributed by atoms with Gasteiger partial charge in [-0.25, -0.2) is 0 Å². The molecule has 22 heavy (non-hydrogen) atoms. The van der Waals surface area contributed by atoms with Crippen LogP contribution in [-0.4, -0.2) is 18.0 Å². The third-order valence-corrected chi connectivity index (χ3v) is 4.12. The highest BCUT2D eigenvalue weighted by Crippen LogP contribution is 2.26. The number of aromatic nitrogens is 1. The Labute approximate surface area is 136 Å². The van der Waals surface area contributed by atoms with E-state index in [4.69, 9.17) is 4.74 Å². The van der Waals surface area contributed by atoms with Crippen LogP contribution in [0, 0.1) is 6.92 Å². The summed E-state index contributed by atoms with van der Waals surface area (Å²) in [6.07, 6.45) is 0. The Hall–Kier alpha value is -2.27. The van der Waals surface area contributed by atoms with Crippen molar-refractivity contribution >= 4 is 38.4 Å². The van der Waals surface area contributed by atoms with Gasteiger partial charge in [0.15, 0.2) is 0 Å². The second-order valence-corrected chi connectivity index (χ2v) is 5.91. The summed E-state index contributed by atoms with van der Waals surface area (Å²) in [6, 6.07) is 13.2. The number of carbonyl (C=O) groups excluding carboxylic acids is 1. The third kappa shape index (κ3) is 2.72. The normalized spacial score (nSPS) is 10.7. The fourth-order valence-electron chi connectivity index (χ4n) is 2.39. The minimum Gasteiger partial charge on any atom is -0.497 e. The summed E-state index contributed by atoms with van der Waals surface area (Å²) >= 11 is 3.37. The van der Waals surface area contributed by atoms with Crippen LogP contribution in [0.2, 0.25) is 0 Å². The molecule has 0 atom stereocenters. The zero-order valence-electron chi connectivity index (χ0n) is 12.2. The van der Waals surface area contributed by atoms with Crippen LogP contribution in [-0.2, 0) is 0 Å². The van der Waals surface area contributed by atoms with Gasteiger partial charge in [0.25, 0.3) is 5.91 Å². The van der Waals surface area contributed by atoms with E-state index in [1.165, 1.54) is 0 Å². The van der Waals surface area contributed by atoms with E-state index < -0.39 is 0 Å². The maximum atomic E-state index is 12.5. The number of hydrogen-bond acceptors (Lipinski definition) is 2. The number of amides is 1. The first-order valence-corrected chi connectivity index (χ1v) is 7.61. The van der Waals surface area contributed by atoms with E-state index in [9.17, 15) is 4.79 Å². The molecule has 5 heteroatoms. The first-order chi connectivity index (χ1) is 10.6. The number of aromatic amines is 1. The molecule has 0 aliphatic carbocycles. The molecule has 0 fully saturated rings. The second kappa shape index (κ2) is 5.85. The van der Waals surface area contributed by atoms with Crippen LogP contribution in [0.1, 0.15) is 16.1 Å². The third-order valence-electron chi connectivity index (χ3n) is 3.59. The van der Waals surface area contributed by atoms with Crippen molar-refractivity contribution in [1.29, 1.82) is 0 Å². The van der Waals surface area contributed by atoms with Crippen LogP contribution in [0.25, 0.3) is 10.9 Å². The lowest BCUT2D eigenvalue weighted by atomic mass is 10.1. The molecule has 1 heterocycles. The number of rotatable bonds is 3. The van der Waals surface area contributed by atoms with E-state index in [2.05, 4.69) is 26.2 Å². The molecule has 0 radical (unpaired) electrons. The summed E-state index contributed by atoms with van der Waals surface area (Å²) in [5.74, 6) is 0.615. The average molecular weight is 359 g/mol. The van der Waals surface area contributed by atoms with Crippen LogP contribution >= 0.6 is 15.9 Å². The summed E-state index contributed by atoms with van der Waals surface area (Å²) in [4.78, 5) is 15.6. The number of fused-ring (bicyclic) bond motifs is 1. The van der Waals surface area contributed by atoms with Crippen molar-refractivity contribution in [3.63, 3.8) is 0 Å². The Morgan fingerprint density at radius 3 is 2.59 bits per heavy atom. The first-order valence-electron chi connectivity index (χ1n) is 6.81. The van der Waals surface area contributed by atoms with Gasteiger partial charge in [0, 0.05) is 21.1 Å². The van der Waals surface area contributed by atoms with Crippen molar-refractivity contribution in [1.82, 2.24) is 4.98 Å². The highest BCUT2D eigenvalue weighted by Gasteiger charge is 2.15. The number of H-pyrrole nitrogens is 1. The Morgan fingerprint density at radius 2 is 1.91 bits per heavy atom. The van der Waals surface area contributed by atoms with E-state index in [0.717, 1.165) is 32.4 Å². The Kier molecular flexibility index (Phi) is 3.90. The lowest BCUT2D eigenvalue weighted by molar-refractivity contribution is 0.102. The largest absolute Gasteiger partial charge is 0.497 e. The molecule has 2 N–H and O–H groups in total. The number of carbonyl (C=O) groups is 1. The molecule has 3 aromatic rings. The molecule has 0 saturated carbocycles. The van der Waals surface area contributed by atoms with Crippen LogP contribution in [0.4, 0.5) is 5.69 Å². The van der Waals surface area contributed by atoms with E-state index >= 15 is 0 Å².